The Morgan fingerprint density at radius 1 is 1.45 bits per heavy atom. The molecule has 2 aromatic rings. The van der Waals surface area contributed by atoms with Crippen LogP contribution in [0.1, 0.15) is 45.1 Å². The first-order valence-corrected chi connectivity index (χ1v) is 7.79. The summed E-state index contributed by atoms with van der Waals surface area (Å²) < 4.78 is 8.23. The zero-order valence-corrected chi connectivity index (χ0v) is 12.9. The molecule has 0 amide bonds. The molecule has 20 heavy (non-hydrogen) atoms. The summed E-state index contributed by atoms with van der Waals surface area (Å²) >= 11 is 5.51. The Morgan fingerprint density at radius 2 is 2.30 bits per heavy atom. The van der Waals surface area contributed by atoms with E-state index in [1.54, 1.807) is 7.11 Å². The second kappa shape index (κ2) is 5.56. The van der Waals surface area contributed by atoms with Gasteiger partial charge in [0.25, 0.3) is 0 Å². The maximum absolute atomic E-state index is 5.51. The number of hydrogen-bond donors (Lipinski definition) is 1. The van der Waals surface area contributed by atoms with Crippen molar-refractivity contribution < 1.29 is 4.74 Å². The lowest BCUT2D eigenvalue weighted by atomic mass is 9.84. The van der Waals surface area contributed by atoms with Gasteiger partial charge < -0.3 is 9.72 Å². The third-order valence-electron chi connectivity index (χ3n) is 4.44. The summed E-state index contributed by atoms with van der Waals surface area (Å²) in [5, 5.41) is 0. The van der Waals surface area contributed by atoms with Gasteiger partial charge in [-0.1, -0.05) is 26.2 Å². The van der Waals surface area contributed by atoms with Crippen molar-refractivity contribution >= 4 is 23.4 Å². The number of H-pyrrole nitrogens is 1. The fourth-order valence-corrected chi connectivity index (χ4v) is 3.65. The van der Waals surface area contributed by atoms with E-state index in [2.05, 4.69) is 21.5 Å². The highest BCUT2D eigenvalue weighted by molar-refractivity contribution is 7.71. The normalized spacial score (nSPS) is 23.1. The number of nitrogens with zero attached hydrogens (tertiary/aromatic N) is 2. The molecule has 0 saturated heterocycles. The van der Waals surface area contributed by atoms with E-state index in [0.29, 0.717) is 11.9 Å². The van der Waals surface area contributed by atoms with E-state index in [1.165, 1.54) is 32.1 Å². The number of aromatic nitrogens is 3. The molecule has 0 spiro atoms. The number of pyridine rings is 1. The van der Waals surface area contributed by atoms with Crippen LogP contribution in [0, 0.1) is 10.7 Å². The molecule has 108 valence electrons. The minimum atomic E-state index is 0.467. The van der Waals surface area contributed by atoms with Gasteiger partial charge >= 0.3 is 0 Å². The van der Waals surface area contributed by atoms with Crippen LogP contribution >= 0.6 is 12.2 Å². The summed E-state index contributed by atoms with van der Waals surface area (Å²) in [6.07, 6.45) is 6.28. The van der Waals surface area contributed by atoms with Gasteiger partial charge in [-0.25, -0.2) is 0 Å². The number of hydrogen-bond acceptors (Lipinski definition) is 3. The molecule has 2 heterocycles. The molecule has 1 aliphatic rings. The molecule has 3 rings (SSSR count). The Labute approximate surface area is 124 Å². The van der Waals surface area contributed by atoms with Crippen LogP contribution < -0.4 is 4.74 Å². The van der Waals surface area contributed by atoms with Gasteiger partial charge in [-0.05, 0) is 37.0 Å². The summed E-state index contributed by atoms with van der Waals surface area (Å²) in [7, 11) is 1.65. The van der Waals surface area contributed by atoms with E-state index >= 15 is 0 Å². The molecule has 1 aliphatic carbocycles. The van der Waals surface area contributed by atoms with Crippen LogP contribution in [0.15, 0.2) is 12.1 Å². The van der Waals surface area contributed by atoms with Crippen molar-refractivity contribution in [2.45, 2.75) is 45.1 Å². The molecule has 1 N–H and O–H groups in total. The molecule has 0 radical (unpaired) electrons. The summed E-state index contributed by atoms with van der Waals surface area (Å²) in [5.41, 5.74) is 1.92. The zero-order valence-electron chi connectivity index (χ0n) is 12.1. The van der Waals surface area contributed by atoms with E-state index in [9.17, 15) is 0 Å². The number of ether oxygens (including phenoxy) is 1. The van der Waals surface area contributed by atoms with Crippen LogP contribution in [-0.2, 0) is 0 Å². The van der Waals surface area contributed by atoms with Gasteiger partial charge in [-0.3, -0.25) is 4.57 Å². The van der Waals surface area contributed by atoms with Crippen LogP contribution in [-0.4, -0.2) is 21.6 Å². The summed E-state index contributed by atoms with van der Waals surface area (Å²) in [6.45, 7) is 2.28. The van der Waals surface area contributed by atoms with Crippen LogP contribution in [0.25, 0.3) is 11.2 Å². The molecular weight excluding hydrogens is 270 g/mol. The molecule has 2 unspecified atom stereocenters. The van der Waals surface area contributed by atoms with E-state index in [0.717, 1.165) is 21.9 Å². The average molecular weight is 291 g/mol. The van der Waals surface area contributed by atoms with Crippen molar-refractivity contribution in [3.63, 3.8) is 0 Å². The Morgan fingerprint density at radius 3 is 3.05 bits per heavy atom. The standard InChI is InChI=1S/C15H21N3OS/c1-3-10-5-4-6-11(9-10)18-14-12(16-15(18)20)7-8-13(17-14)19-2/h7-8,10-11H,3-6,9H2,1-2H3,(H,16,20). The molecular formula is C15H21N3OS. The van der Waals surface area contributed by atoms with Crippen molar-refractivity contribution in [1.29, 1.82) is 0 Å². The number of fused-ring (bicyclic) bond motifs is 1. The molecule has 2 atom stereocenters. The second-order valence-electron chi connectivity index (χ2n) is 5.62. The first-order valence-electron chi connectivity index (χ1n) is 7.38. The molecule has 1 fully saturated rings. The minimum absolute atomic E-state index is 0.467. The third kappa shape index (κ3) is 2.35. The fraction of sp³-hybridized carbons (Fsp3) is 0.600. The van der Waals surface area contributed by atoms with Gasteiger partial charge in [0, 0.05) is 12.1 Å². The van der Waals surface area contributed by atoms with Gasteiger partial charge in [-0.15, -0.1) is 0 Å². The summed E-state index contributed by atoms with van der Waals surface area (Å²) in [4.78, 5) is 7.85. The molecule has 2 aromatic heterocycles. The highest BCUT2D eigenvalue weighted by Gasteiger charge is 2.24. The van der Waals surface area contributed by atoms with Crippen LogP contribution in [0.5, 0.6) is 5.88 Å². The molecule has 0 aromatic carbocycles. The first-order chi connectivity index (χ1) is 9.72. The number of imidazole rings is 1. The largest absolute Gasteiger partial charge is 0.481 e. The number of rotatable bonds is 3. The van der Waals surface area contributed by atoms with Crippen LogP contribution in [0.3, 0.4) is 0 Å². The Kier molecular flexibility index (Phi) is 3.78. The summed E-state index contributed by atoms with van der Waals surface area (Å²) in [5.74, 6) is 1.45. The third-order valence-corrected chi connectivity index (χ3v) is 4.74. The van der Waals surface area contributed by atoms with Crippen molar-refractivity contribution in [3.8, 4) is 5.88 Å². The molecule has 1 saturated carbocycles. The number of methoxy groups -OCH3 is 1. The van der Waals surface area contributed by atoms with Crippen molar-refractivity contribution in [2.24, 2.45) is 5.92 Å². The number of nitrogens with one attached hydrogen (secondary N) is 1. The minimum Gasteiger partial charge on any atom is -0.481 e. The van der Waals surface area contributed by atoms with E-state index < -0.39 is 0 Å². The average Bonchev–Trinajstić information content (AvgIpc) is 2.82. The van der Waals surface area contributed by atoms with Gasteiger partial charge in [0.05, 0.1) is 12.6 Å². The van der Waals surface area contributed by atoms with E-state index in [4.69, 9.17) is 17.0 Å². The van der Waals surface area contributed by atoms with Crippen molar-refractivity contribution in [1.82, 2.24) is 14.5 Å². The fourth-order valence-electron chi connectivity index (χ4n) is 3.30. The number of aromatic amines is 1. The lowest BCUT2D eigenvalue weighted by Gasteiger charge is -2.29. The topological polar surface area (TPSA) is 42.8 Å². The smallest absolute Gasteiger partial charge is 0.215 e. The Hall–Kier alpha value is -1.36. The van der Waals surface area contributed by atoms with Gasteiger partial charge in [0.2, 0.25) is 5.88 Å². The van der Waals surface area contributed by atoms with Crippen molar-refractivity contribution in [3.05, 3.63) is 16.9 Å². The maximum atomic E-state index is 5.51. The van der Waals surface area contributed by atoms with Crippen molar-refractivity contribution in [2.75, 3.05) is 7.11 Å². The predicted molar refractivity (Wildman–Crippen MR) is 82.8 cm³/mol. The van der Waals surface area contributed by atoms with Crippen LogP contribution in [0.2, 0.25) is 0 Å². The highest BCUT2D eigenvalue weighted by Crippen LogP contribution is 2.36. The summed E-state index contributed by atoms with van der Waals surface area (Å²) in [6, 6.07) is 4.33. The molecule has 5 heteroatoms. The Bertz CT molecular complexity index is 661. The maximum Gasteiger partial charge on any atom is 0.215 e. The van der Waals surface area contributed by atoms with Crippen LogP contribution in [0.4, 0.5) is 0 Å². The molecule has 4 nitrogen and oxygen atoms in total. The van der Waals surface area contributed by atoms with Gasteiger partial charge in [0.15, 0.2) is 10.4 Å². The Balaban J connectivity index is 2.05. The van der Waals surface area contributed by atoms with E-state index in [-0.39, 0.29) is 0 Å². The monoisotopic (exact) mass is 291 g/mol. The second-order valence-corrected chi connectivity index (χ2v) is 6.01. The first kappa shape index (κ1) is 13.6. The lowest BCUT2D eigenvalue weighted by Crippen LogP contribution is -2.19. The predicted octanol–water partition coefficient (Wildman–Crippen LogP) is 4.24. The lowest BCUT2D eigenvalue weighted by molar-refractivity contribution is 0.263. The molecule has 0 bridgehead atoms. The highest BCUT2D eigenvalue weighted by atomic mass is 32.1. The molecule has 0 aliphatic heterocycles. The SMILES string of the molecule is CCC1CCCC(n2c(=S)[nH]c3ccc(OC)nc32)C1. The zero-order chi connectivity index (χ0) is 14.1. The van der Waals surface area contributed by atoms with Gasteiger partial charge in [0.1, 0.15) is 0 Å². The van der Waals surface area contributed by atoms with E-state index in [1.807, 2.05) is 12.1 Å². The van der Waals surface area contributed by atoms with Gasteiger partial charge in [-0.2, -0.15) is 4.98 Å². The quantitative estimate of drug-likeness (QED) is 0.860.